The van der Waals surface area contributed by atoms with Crippen molar-refractivity contribution in [3.05, 3.63) is 35.4 Å². The van der Waals surface area contributed by atoms with E-state index in [1.54, 1.807) is 12.1 Å². The van der Waals surface area contributed by atoms with Gasteiger partial charge in [-0.3, -0.25) is 4.90 Å². The highest BCUT2D eigenvalue weighted by Gasteiger charge is 2.39. The minimum absolute atomic E-state index is 0.446. The van der Waals surface area contributed by atoms with Crippen LogP contribution < -0.4 is 0 Å². The summed E-state index contributed by atoms with van der Waals surface area (Å²) in [6.45, 7) is 5.37. The molecule has 1 aromatic rings. The fourth-order valence-electron chi connectivity index (χ4n) is 3.77. The van der Waals surface area contributed by atoms with Crippen molar-refractivity contribution >= 4 is 5.97 Å². The summed E-state index contributed by atoms with van der Waals surface area (Å²) in [6, 6.07) is 7.39. The zero-order valence-corrected chi connectivity index (χ0v) is 12.7. The van der Waals surface area contributed by atoms with Crippen molar-refractivity contribution in [1.29, 1.82) is 0 Å². The highest BCUT2D eigenvalue weighted by Crippen LogP contribution is 2.40. The first-order chi connectivity index (χ1) is 10.1. The number of carboxylic acid groups (broad SMARTS) is 1. The van der Waals surface area contributed by atoms with Crippen molar-refractivity contribution in [3.8, 4) is 0 Å². The van der Waals surface area contributed by atoms with Crippen LogP contribution in [0.15, 0.2) is 24.3 Å². The largest absolute Gasteiger partial charge is 0.478 e. The molecule has 2 aliphatic rings. The van der Waals surface area contributed by atoms with Crippen LogP contribution >= 0.6 is 0 Å². The molecule has 0 saturated carbocycles. The highest BCUT2D eigenvalue weighted by atomic mass is 16.4. The topological polar surface area (TPSA) is 43.8 Å². The van der Waals surface area contributed by atoms with Crippen LogP contribution in [0.25, 0.3) is 0 Å². The smallest absolute Gasteiger partial charge is 0.336 e. The summed E-state index contributed by atoms with van der Waals surface area (Å²) in [6.07, 6.45) is 3.82. The second kappa shape index (κ2) is 5.78. The lowest BCUT2D eigenvalue weighted by atomic mass is 9.78. The molecule has 2 fully saturated rings. The molecule has 4 heteroatoms. The van der Waals surface area contributed by atoms with Gasteiger partial charge in [0.1, 0.15) is 0 Å². The number of carbonyl (C=O) groups is 1. The predicted octanol–water partition coefficient (Wildman–Crippen LogP) is 2.30. The molecular weight excluding hydrogens is 264 g/mol. The van der Waals surface area contributed by atoms with Crippen LogP contribution in [0.3, 0.4) is 0 Å². The molecular formula is C17H24N2O2. The van der Waals surface area contributed by atoms with E-state index in [0.29, 0.717) is 11.0 Å². The minimum Gasteiger partial charge on any atom is -0.478 e. The Morgan fingerprint density at radius 2 is 1.86 bits per heavy atom. The molecule has 2 heterocycles. The first kappa shape index (κ1) is 14.5. The van der Waals surface area contributed by atoms with Gasteiger partial charge in [-0.15, -0.1) is 0 Å². The Hall–Kier alpha value is -1.39. The van der Waals surface area contributed by atoms with Gasteiger partial charge in [0.2, 0.25) is 0 Å². The highest BCUT2D eigenvalue weighted by molar-refractivity contribution is 5.89. The summed E-state index contributed by atoms with van der Waals surface area (Å²) < 4.78 is 0. The lowest BCUT2D eigenvalue weighted by Gasteiger charge is -2.37. The van der Waals surface area contributed by atoms with Gasteiger partial charge in [-0.1, -0.05) is 18.2 Å². The van der Waals surface area contributed by atoms with E-state index < -0.39 is 5.97 Å². The van der Waals surface area contributed by atoms with E-state index >= 15 is 0 Å². The molecule has 3 rings (SSSR count). The second-order valence-corrected chi connectivity index (χ2v) is 6.73. The number of rotatable bonds is 3. The maximum Gasteiger partial charge on any atom is 0.336 e. The predicted molar refractivity (Wildman–Crippen MR) is 82.5 cm³/mol. The second-order valence-electron chi connectivity index (χ2n) is 6.73. The fourth-order valence-corrected chi connectivity index (χ4v) is 3.77. The van der Waals surface area contributed by atoms with Crippen LogP contribution in [0.4, 0.5) is 0 Å². The van der Waals surface area contributed by atoms with Crippen molar-refractivity contribution in [2.24, 2.45) is 5.41 Å². The van der Waals surface area contributed by atoms with E-state index in [-0.39, 0.29) is 0 Å². The molecule has 1 spiro atoms. The molecule has 0 aliphatic carbocycles. The molecule has 0 radical (unpaired) electrons. The molecule has 2 saturated heterocycles. The third-order valence-electron chi connectivity index (χ3n) is 5.21. The van der Waals surface area contributed by atoms with Crippen molar-refractivity contribution in [3.63, 3.8) is 0 Å². The quantitative estimate of drug-likeness (QED) is 0.927. The van der Waals surface area contributed by atoms with Crippen LogP contribution in [0.2, 0.25) is 0 Å². The third-order valence-corrected chi connectivity index (χ3v) is 5.21. The molecule has 2 aliphatic heterocycles. The van der Waals surface area contributed by atoms with Gasteiger partial charge in [0.25, 0.3) is 0 Å². The van der Waals surface area contributed by atoms with Gasteiger partial charge in [-0.2, -0.15) is 0 Å². The third kappa shape index (κ3) is 3.11. The van der Waals surface area contributed by atoms with Crippen molar-refractivity contribution < 1.29 is 9.90 Å². The standard InChI is InChI=1S/C17H24N2O2/c1-18-9-6-17(7-10-18)8-11-19(13-17)12-14-4-2-3-5-15(14)16(20)21/h2-5H,6-13H2,1H3,(H,20,21). The Balaban J connectivity index is 1.66. The summed E-state index contributed by atoms with van der Waals surface area (Å²) in [5, 5.41) is 9.29. The summed E-state index contributed by atoms with van der Waals surface area (Å²) >= 11 is 0. The first-order valence-electron chi connectivity index (χ1n) is 7.80. The zero-order valence-electron chi connectivity index (χ0n) is 12.7. The SMILES string of the molecule is CN1CCC2(CC1)CCN(Cc1ccccc1C(=O)O)C2. The Bertz CT molecular complexity index is 521. The van der Waals surface area contributed by atoms with E-state index in [4.69, 9.17) is 0 Å². The molecule has 0 unspecified atom stereocenters. The lowest BCUT2D eigenvalue weighted by molar-refractivity contribution is 0.0694. The maximum atomic E-state index is 11.3. The average Bonchev–Trinajstić information content (AvgIpc) is 2.86. The van der Waals surface area contributed by atoms with Crippen LogP contribution in [0, 0.1) is 5.41 Å². The van der Waals surface area contributed by atoms with E-state index in [2.05, 4.69) is 16.8 Å². The van der Waals surface area contributed by atoms with Crippen LogP contribution in [0.5, 0.6) is 0 Å². The van der Waals surface area contributed by atoms with E-state index in [1.807, 2.05) is 12.1 Å². The van der Waals surface area contributed by atoms with E-state index in [9.17, 15) is 9.90 Å². The number of aromatic carboxylic acids is 1. The Labute approximate surface area is 126 Å². The summed E-state index contributed by atoms with van der Waals surface area (Å²) in [7, 11) is 2.20. The van der Waals surface area contributed by atoms with Crippen LogP contribution in [0.1, 0.15) is 35.2 Å². The van der Waals surface area contributed by atoms with Crippen LogP contribution in [-0.2, 0) is 6.54 Å². The number of carboxylic acids is 1. The van der Waals surface area contributed by atoms with Gasteiger partial charge < -0.3 is 10.0 Å². The number of benzene rings is 1. The Morgan fingerprint density at radius 3 is 2.57 bits per heavy atom. The molecule has 0 aromatic heterocycles. The number of nitrogens with zero attached hydrogens (tertiary/aromatic N) is 2. The van der Waals surface area contributed by atoms with Crippen molar-refractivity contribution in [2.45, 2.75) is 25.8 Å². The van der Waals surface area contributed by atoms with Gasteiger partial charge >= 0.3 is 5.97 Å². The summed E-state index contributed by atoms with van der Waals surface area (Å²) in [4.78, 5) is 16.2. The zero-order chi connectivity index (χ0) is 14.9. The summed E-state index contributed by atoms with van der Waals surface area (Å²) in [5.41, 5.74) is 1.86. The first-order valence-corrected chi connectivity index (χ1v) is 7.80. The van der Waals surface area contributed by atoms with Crippen molar-refractivity contribution in [1.82, 2.24) is 9.80 Å². The minimum atomic E-state index is -0.821. The van der Waals surface area contributed by atoms with Crippen LogP contribution in [-0.4, -0.2) is 54.1 Å². The lowest BCUT2D eigenvalue weighted by Crippen LogP contribution is -2.39. The molecule has 21 heavy (non-hydrogen) atoms. The molecule has 0 atom stereocenters. The maximum absolute atomic E-state index is 11.3. The number of piperidine rings is 1. The molecule has 1 N–H and O–H groups in total. The van der Waals surface area contributed by atoms with E-state index in [1.165, 1.54) is 32.4 Å². The molecule has 114 valence electrons. The monoisotopic (exact) mass is 288 g/mol. The Kier molecular flexibility index (Phi) is 4.00. The van der Waals surface area contributed by atoms with Gasteiger partial charge in [-0.25, -0.2) is 4.79 Å². The number of hydrogen-bond donors (Lipinski definition) is 1. The molecule has 1 aromatic carbocycles. The van der Waals surface area contributed by atoms with Gasteiger partial charge in [-0.05, 0) is 63.0 Å². The Morgan fingerprint density at radius 1 is 1.19 bits per heavy atom. The van der Waals surface area contributed by atoms with E-state index in [0.717, 1.165) is 25.2 Å². The number of hydrogen-bond acceptors (Lipinski definition) is 3. The average molecular weight is 288 g/mol. The number of likely N-dealkylation sites (tertiary alicyclic amines) is 2. The van der Waals surface area contributed by atoms with Gasteiger partial charge in [0, 0.05) is 13.1 Å². The molecule has 0 amide bonds. The van der Waals surface area contributed by atoms with Gasteiger partial charge in [0.15, 0.2) is 0 Å². The molecule has 4 nitrogen and oxygen atoms in total. The van der Waals surface area contributed by atoms with Gasteiger partial charge in [0.05, 0.1) is 5.56 Å². The molecule has 0 bridgehead atoms. The summed E-state index contributed by atoms with van der Waals surface area (Å²) in [5.74, 6) is -0.821. The normalized spacial score (nSPS) is 22.7. The van der Waals surface area contributed by atoms with Crippen molar-refractivity contribution in [2.75, 3.05) is 33.2 Å². The fraction of sp³-hybridized carbons (Fsp3) is 0.588.